The molecule has 0 bridgehead atoms. The van der Waals surface area contributed by atoms with E-state index in [1.54, 1.807) is 18.2 Å². The van der Waals surface area contributed by atoms with Crippen molar-refractivity contribution in [3.63, 3.8) is 0 Å². The Morgan fingerprint density at radius 1 is 1.15 bits per heavy atom. The topological polar surface area (TPSA) is 108 Å². The molecule has 0 fully saturated rings. The maximum absolute atomic E-state index is 12.1. The van der Waals surface area contributed by atoms with Gasteiger partial charge in [-0.2, -0.15) is 0 Å². The van der Waals surface area contributed by atoms with E-state index >= 15 is 0 Å². The highest BCUT2D eigenvalue weighted by Crippen LogP contribution is 2.45. The Hall–Kier alpha value is -2.97. The van der Waals surface area contributed by atoms with Crippen LogP contribution < -0.4 is 10.1 Å². The Labute approximate surface area is 206 Å². The summed E-state index contributed by atoms with van der Waals surface area (Å²) in [5, 5.41) is 33.5. The molecule has 3 aromatic rings. The molecule has 1 aliphatic rings. The lowest BCUT2D eigenvalue weighted by Crippen LogP contribution is -2.23. The minimum atomic E-state index is -1.15. The summed E-state index contributed by atoms with van der Waals surface area (Å²) in [6.07, 6.45) is -1.75. The monoisotopic (exact) mass is 503 g/mol. The standard InChI is InChI=1S/C25H23Cl2NO6/c26-21-19(10-16-9-18(12-29)34-24(16)22(21)27)23(31)15-6-7-20(30)17(8-15)11-28-25(32)33-13-14-4-2-1-3-5-14/h1-8,10,18,23,29-31H,9,11-13H2,(H,28,32). The number of nitrogens with one attached hydrogen (secondary N) is 1. The number of halogens is 2. The van der Waals surface area contributed by atoms with Crippen molar-refractivity contribution < 1.29 is 29.6 Å². The third-order valence-electron chi connectivity index (χ3n) is 5.55. The molecule has 7 nitrogen and oxygen atoms in total. The number of hydrogen-bond donors (Lipinski definition) is 4. The number of rotatable bonds is 7. The molecule has 2 unspecified atom stereocenters. The van der Waals surface area contributed by atoms with Gasteiger partial charge in [0, 0.05) is 24.1 Å². The highest BCUT2D eigenvalue weighted by molar-refractivity contribution is 6.43. The number of ether oxygens (including phenoxy) is 2. The lowest BCUT2D eigenvalue weighted by molar-refractivity contribution is 0.134. The maximum Gasteiger partial charge on any atom is 0.407 e. The van der Waals surface area contributed by atoms with E-state index < -0.39 is 18.3 Å². The van der Waals surface area contributed by atoms with E-state index in [-0.39, 0.29) is 35.6 Å². The first-order chi connectivity index (χ1) is 16.4. The second-order valence-corrected chi connectivity index (χ2v) is 8.67. The van der Waals surface area contributed by atoms with E-state index in [2.05, 4.69) is 5.32 Å². The second-order valence-electron chi connectivity index (χ2n) is 7.91. The summed E-state index contributed by atoms with van der Waals surface area (Å²) in [5.41, 5.74) is 2.80. The van der Waals surface area contributed by atoms with Crippen molar-refractivity contribution in [1.29, 1.82) is 0 Å². The number of phenolic OH excluding ortho intramolecular Hbond substituents is 1. The molecule has 2 atom stereocenters. The fourth-order valence-electron chi connectivity index (χ4n) is 3.76. The molecule has 0 aliphatic carbocycles. The molecule has 1 amide bonds. The van der Waals surface area contributed by atoms with Crippen LogP contribution in [0.1, 0.15) is 33.9 Å². The summed E-state index contributed by atoms with van der Waals surface area (Å²) in [7, 11) is 0. The summed E-state index contributed by atoms with van der Waals surface area (Å²) >= 11 is 12.8. The smallest absolute Gasteiger partial charge is 0.407 e. The average molecular weight is 504 g/mol. The number of alkyl carbamates (subject to hydrolysis) is 1. The number of carbonyl (C=O) groups excluding carboxylic acids is 1. The van der Waals surface area contributed by atoms with E-state index in [1.807, 2.05) is 30.3 Å². The van der Waals surface area contributed by atoms with Crippen LogP contribution in [0.5, 0.6) is 11.5 Å². The summed E-state index contributed by atoms with van der Waals surface area (Å²) in [6.45, 7) is -0.0524. The van der Waals surface area contributed by atoms with Gasteiger partial charge in [-0.3, -0.25) is 0 Å². The van der Waals surface area contributed by atoms with Crippen molar-refractivity contribution in [1.82, 2.24) is 5.32 Å². The fraction of sp³-hybridized carbons (Fsp3) is 0.240. The van der Waals surface area contributed by atoms with Gasteiger partial charge in [-0.25, -0.2) is 4.79 Å². The second kappa shape index (κ2) is 10.5. The number of phenols is 1. The molecule has 178 valence electrons. The largest absolute Gasteiger partial charge is 0.508 e. The average Bonchev–Trinajstić information content (AvgIpc) is 3.28. The number of benzene rings is 3. The molecule has 0 saturated carbocycles. The summed E-state index contributed by atoms with van der Waals surface area (Å²) < 4.78 is 10.8. The molecule has 0 saturated heterocycles. The van der Waals surface area contributed by atoms with Crippen molar-refractivity contribution in [3.05, 3.63) is 92.5 Å². The van der Waals surface area contributed by atoms with Crippen molar-refractivity contribution in [2.24, 2.45) is 0 Å². The zero-order chi connectivity index (χ0) is 24.2. The van der Waals surface area contributed by atoms with Crippen LogP contribution in [0.3, 0.4) is 0 Å². The highest BCUT2D eigenvalue weighted by atomic mass is 35.5. The Morgan fingerprint density at radius 3 is 2.65 bits per heavy atom. The van der Waals surface area contributed by atoms with Crippen LogP contribution in [0.25, 0.3) is 0 Å². The molecule has 4 N–H and O–H groups in total. The van der Waals surface area contributed by atoms with Gasteiger partial charge in [0.05, 0.1) is 11.6 Å². The molecular formula is C25H23Cl2NO6. The molecule has 0 radical (unpaired) electrons. The quantitative estimate of drug-likeness (QED) is 0.378. The third kappa shape index (κ3) is 5.23. The van der Waals surface area contributed by atoms with Gasteiger partial charge in [0.2, 0.25) is 0 Å². The zero-order valence-corrected chi connectivity index (χ0v) is 19.5. The highest BCUT2D eigenvalue weighted by Gasteiger charge is 2.29. The number of hydrogen-bond acceptors (Lipinski definition) is 6. The maximum atomic E-state index is 12.1. The van der Waals surface area contributed by atoms with Gasteiger partial charge in [-0.15, -0.1) is 0 Å². The molecule has 9 heteroatoms. The molecule has 1 aliphatic heterocycles. The summed E-state index contributed by atoms with van der Waals surface area (Å²) in [4.78, 5) is 12.1. The summed E-state index contributed by atoms with van der Waals surface area (Å²) in [5.74, 6) is 0.364. The Morgan fingerprint density at radius 2 is 1.91 bits per heavy atom. The number of carbonyl (C=O) groups is 1. The van der Waals surface area contributed by atoms with Gasteiger partial charge in [-0.1, -0.05) is 59.6 Å². The van der Waals surface area contributed by atoms with Gasteiger partial charge in [0.15, 0.2) is 0 Å². The lowest BCUT2D eigenvalue weighted by Gasteiger charge is -2.17. The number of aromatic hydroxyl groups is 1. The van der Waals surface area contributed by atoms with Crippen molar-refractivity contribution in [2.75, 3.05) is 6.61 Å². The van der Waals surface area contributed by atoms with Crippen molar-refractivity contribution in [3.8, 4) is 11.5 Å². The first-order valence-corrected chi connectivity index (χ1v) is 11.4. The number of amides is 1. The van der Waals surface area contributed by atoms with Gasteiger partial charge >= 0.3 is 6.09 Å². The minimum Gasteiger partial charge on any atom is -0.508 e. The van der Waals surface area contributed by atoms with E-state index in [0.717, 1.165) is 11.1 Å². The van der Waals surface area contributed by atoms with Crippen LogP contribution in [0.2, 0.25) is 10.0 Å². The molecule has 4 rings (SSSR count). The first kappa shape index (κ1) is 24.2. The predicted octanol–water partition coefficient (Wildman–Crippen LogP) is 4.50. The van der Waals surface area contributed by atoms with Crippen LogP contribution in [-0.4, -0.2) is 34.1 Å². The van der Waals surface area contributed by atoms with Crippen LogP contribution in [0.4, 0.5) is 4.79 Å². The molecule has 3 aromatic carbocycles. The van der Waals surface area contributed by atoms with Crippen LogP contribution in [0, 0.1) is 0 Å². The summed E-state index contributed by atoms with van der Waals surface area (Å²) in [6, 6.07) is 15.5. The van der Waals surface area contributed by atoms with E-state index in [9.17, 15) is 20.1 Å². The van der Waals surface area contributed by atoms with E-state index in [4.69, 9.17) is 32.7 Å². The first-order valence-electron chi connectivity index (χ1n) is 10.6. The number of aliphatic hydroxyl groups excluding tert-OH is 2. The zero-order valence-electron chi connectivity index (χ0n) is 18.0. The van der Waals surface area contributed by atoms with Gasteiger partial charge in [-0.05, 0) is 34.9 Å². The van der Waals surface area contributed by atoms with Crippen molar-refractivity contribution >= 4 is 29.3 Å². The Kier molecular flexibility index (Phi) is 7.48. The van der Waals surface area contributed by atoms with Gasteiger partial charge in [0.1, 0.15) is 35.3 Å². The van der Waals surface area contributed by atoms with E-state index in [1.165, 1.54) is 6.07 Å². The Bertz CT molecular complexity index is 1190. The minimum absolute atomic E-state index is 0.00921. The molecular weight excluding hydrogens is 481 g/mol. The lowest BCUT2D eigenvalue weighted by atomic mass is 9.96. The molecule has 1 heterocycles. The van der Waals surface area contributed by atoms with E-state index in [0.29, 0.717) is 28.9 Å². The number of fused-ring (bicyclic) bond motifs is 1. The molecule has 0 spiro atoms. The molecule has 34 heavy (non-hydrogen) atoms. The van der Waals surface area contributed by atoms with Gasteiger partial charge in [0.25, 0.3) is 0 Å². The normalized spacial score (nSPS) is 15.4. The van der Waals surface area contributed by atoms with Gasteiger partial charge < -0.3 is 30.1 Å². The third-order valence-corrected chi connectivity index (χ3v) is 6.42. The fourth-order valence-corrected chi connectivity index (χ4v) is 4.27. The SMILES string of the molecule is O=C(NCc1cc(C(O)c2cc3c(c(Cl)c2Cl)OC(CO)C3)ccc1O)OCc1ccccc1. The van der Waals surface area contributed by atoms with Crippen LogP contribution in [0.15, 0.2) is 54.6 Å². The van der Waals surface area contributed by atoms with Crippen molar-refractivity contribution in [2.45, 2.75) is 31.8 Å². The molecule has 0 aromatic heterocycles. The number of aliphatic hydroxyl groups is 2. The predicted molar refractivity (Wildman–Crippen MR) is 127 cm³/mol. The van der Waals surface area contributed by atoms with Crippen LogP contribution >= 0.6 is 23.2 Å². The van der Waals surface area contributed by atoms with Crippen LogP contribution in [-0.2, 0) is 24.3 Å². The Balaban J connectivity index is 1.47.